The monoisotopic (exact) mass is 258 g/mol. The Morgan fingerprint density at radius 1 is 1.28 bits per heavy atom. The molecular formula is C12H7ClN4O. The van der Waals surface area contributed by atoms with Crippen molar-refractivity contribution in [3.63, 3.8) is 0 Å². The van der Waals surface area contributed by atoms with Crippen LogP contribution < -0.4 is 15.9 Å². The number of aromatic nitrogens is 2. The first-order chi connectivity index (χ1) is 8.72. The molecule has 0 saturated heterocycles. The number of halogens is 1. The second-order valence-corrected chi connectivity index (χ2v) is 4.12. The van der Waals surface area contributed by atoms with Crippen molar-refractivity contribution in [3.8, 4) is 0 Å². The predicted octanol–water partition coefficient (Wildman–Crippen LogP) is 0.814. The topological polar surface area (TPSA) is 67.2 Å². The summed E-state index contributed by atoms with van der Waals surface area (Å²) in [5.74, 6) is 0.287. The predicted molar refractivity (Wildman–Crippen MR) is 67.0 cm³/mol. The molecule has 0 radical (unpaired) electrons. The second kappa shape index (κ2) is 4.19. The van der Waals surface area contributed by atoms with Crippen LogP contribution in [0.3, 0.4) is 0 Å². The molecule has 1 aromatic heterocycles. The summed E-state index contributed by atoms with van der Waals surface area (Å²) < 4.78 is 0. The van der Waals surface area contributed by atoms with Gasteiger partial charge in [-0.3, -0.25) is 4.79 Å². The third-order valence-electron chi connectivity index (χ3n) is 2.47. The van der Waals surface area contributed by atoms with Gasteiger partial charge in [-0.1, -0.05) is 11.6 Å². The maximum atomic E-state index is 11.1. The fraction of sp³-hybridized carbons (Fsp3) is 0. The van der Waals surface area contributed by atoms with Crippen LogP contribution >= 0.6 is 11.6 Å². The molecule has 1 aliphatic heterocycles. The Bertz CT molecular complexity index is 757. The van der Waals surface area contributed by atoms with Crippen LogP contribution in [0.15, 0.2) is 35.7 Å². The van der Waals surface area contributed by atoms with E-state index < -0.39 is 0 Å². The Hall–Kier alpha value is -2.27. The third-order valence-corrected chi connectivity index (χ3v) is 2.74. The van der Waals surface area contributed by atoms with Crippen molar-refractivity contribution in [1.82, 2.24) is 9.97 Å². The van der Waals surface area contributed by atoms with Crippen molar-refractivity contribution in [2.45, 2.75) is 0 Å². The average molecular weight is 259 g/mol. The van der Waals surface area contributed by atoms with Gasteiger partial charge in [-0.05, 0) is 18.2 Å². The Morgan fingerprint density at radius 2 is 2.17 bits per heavy atom. The molecule has 2 aromatic rings. The van der Waals surface area contributed by atoms with E-state index in [1.54, 1.807) is 6.07 Å². The van der Waals surface area contributed by atoms with Gasteiger partial charge < -0.3 is 5.32 Å². The maximum absolute atomic E-state index is 11.1. The molecular weight excluding hydrogens is 252 g/mol. The van der Waals surface area contributed by atoms with Crippen LogP contribution in [0.5, 0.6) is 0 Å². The van der Waals surface area contributed by atoms with E-state index in [2.05, 4.69) is 20.3 Å². The molecule has 0 aliphatic carbocycles. The maximum Gasteiger partial charge on any atom is 0.270 e. The number of benzene rings is 1. The largest absolute Gasteiger partial charge is 0.339 e. The number of anilines is 2. The highest BCUT2D eigenvalue weighted by Gasteiger charge is 2.05. The highest BCUT2D eigenvalue weighted by atomic mass is 35.5. The van der Waals surface area contributed by atoms with E-state index >= 15 is 0 Å². The highest BCUT2D eigenvalue weighted by Crippen LogP contribution is 2.20. The molecule has 88 valence electrons. The first-order valence-electron chi connectivity index (χ1n) is 5.19. The van der Waals surface area contributed by atoms with Crippen molar-refractivity contribution < 1.29 is 4.79 Å². The number of amides is 1. The van der Waals surface area contributed by atoms with E-state index in [9.17, 15) is 4.79 Å². The van der Waals surface area contributed by atoms with Gasteiger partial charge in [0.25, 0.3) is 5.91 Å². The summed E-state index contributed by atoms with van der Waals surface area (Å²) in [5, 5.41) is 4.96. The minimum Gasteiger partial charge on any atom is -0.339 e. The fourth-order valence-corrected chi connectivity index (χ4v) is 1.83. The SMILES string of the molecule is O=C1C=c2cc(Nc3ncncc3Cl)ccc2=N1. The second-order valence-electron chi connectivity index (χ2n) is 3.71. The number of carbonyl (C=O) groups excluding carboxylic acids is 1. The van der Waals surface area contributed by atoms with Gasteiger partial charge in [-0.25, -0.2) is 15.0 Å². The van der Waals surface area contributed by atoms with Crippen LogP contribution in [-0.2, 0) is 4.79 Å². The Morgan fingerprint density at radius 3 is 3.00 bits per heavy atom. The molecule has 1 aliphatic rings. The summed E-state index contributed by atoms with van der Waals surface area (Å²) in [7, 11) is 0. The standard InChI is InChI=1S/C12H7ClN4O/c13-9-5-14-6-15-12(9)16-8-1-2-10-7(3-8)4-11(18)17-10/h1-6H,(H,14,15,16). The van der Waals surface area contributed by atoms with E-state index in [1.165, 1.54) is 18.6 Å². The lowest BCUT2D eigenvalue weighted by molar-refractivity contribution is -0.112. The van der Waals surface area contributed by atoms with E-state index in [0.717, 1.165) is 10.9 Å². The summed E-state index contributed by atoms with van der Waals surface area (Å²) >= 11 is 5.95. The van der Waals surface area contributed by atoms with Crippen molar-refractivity contribution in [2.24, 2.45) is 4.99 Å². The normalized spacial score (nSPS) is 12.6. The summed E-state index contributed by atoms with van der Waals surface area (Å²) in [4.78, 5) is 22.8. The minimum atomic E-state index is -0.234. The van der Waals surface area contributed by atoms with Gasteiger partial charge >= 0.3 is 0 Å². The van der Waals surface area contributed by atoms with Crippen LogP contribution in [0.4, 0.5) is 11.5 Å². The molecule has 2 heterocycles. The molecule has 0 unspecified atom stereocenters. The van der Waals surface area contributed by atoms with Gasteiger partial charge in [0.15, 0.2) is 5.82 Å². The minimum absolute atomic E-state index is 0.234. The van der Waals surface area contributed by atoms with Gasteiger partial charge in [0, 0.05) is 17.0 Å². The molecule has 0 spiro atoms. The van der Waals surface area contributed by atoms with Crippen molar-refractivity contribution in [3.05, 3.63) is 46.3 Å². The lowest BCUT2D eigenvalue weighted by atomic mass is 10.2. The van der Waals surface area contributed by atoms with E-state index in [-0.39, 0.29) is 5.91 Å². The summed E-state index contributed by atoms with van der Waals surface area (Å²) in [6.45, 7) is 0. The molecule has 0 saturated carbocycles. The molecule has 6 heteroatoms. The average Bonchev–Trinajstić information content (AvgIpc) is 2.71. The number of nitrogens with one attached hydrogen (secondary N) is 1. The number of fused-ring (bicyclic) bond motifs is 1. The molecule has 1 amide bonds. The first-order valence-corrected chi connectivity index (χ1v) is 5.57. The smallest absolute Gasteiger partial charge is 0.270 e. The van der Waals surface area contributed by atoms with Crippen LogP contribution in [0.1, 0.15) is 0 Å². The molecule has 18 heavy (non-hydrogen) atoms. The van der Waals surface area contributed by atoms with E-state index in [4.69, 9.17) is 11.6 Å². The van der Waals surface area contributed by atoms with Gasteiger partial charge in [0.1, 0.15) is 11.3 Å². The Balaban J connectivity index is 1.99. The third kappa shape index (κ3) is 1.96. The first kappa shape index (κ1) is 10.9. The summed E-state index contributed by atoms with van der Waals surface area (Å²) in [6.07, 6.45) is 4.41. The van der Waals surface area contributed by atoms with Crippen LogP contribution in [-0.4, -0.2) is 15.9 Å². The van der Waals surface area contributed by atoms with Crippen LogP contribution in [0.25, 0.3) is 6.08 Å². The van der Waals surface area contributed by atoms with Crippen LogP contribution in [0.2, 0.25) is 5.02 Å². The van der Waals surface area contributed by atoms with Gasteiger partial charge in [0.05, 0.1) is 11.6 Å². The number of rotatable bonds is 2. The number of nitrogens with zero attached hydrogens (tertiary/aromatic N) is 3. The molecule has 0 bridgehead atoms. The zero-order valence-corrected chi connectivity index (χ0v) is 9.85. The molecule has 0 fully saturated rings. The zero-order chi connectivity index (χ0) is 12.5. The van der Waals surface area contributed by atoms with Gasteiger partial charge in [-0.15, -0.1) is 0 Å². The molecule has 5 nitrogen and oxygen atoms in total. The van der Waals surface area contributed by atoms with Crippen molar-refractivity contribution >= 4 is 35.1 Å². The number of hydrogen-bond acceptors (Lipinski definition) is 4. The molecule has 0 atom stereocenters. The van der Waals surface area contributed by atoms with Crippen molar-refractivity contribution in [2.75, 3.05) is 5.32 Å². The fourth-order valence-electron chi connectivity index (χ4n) is 1.68. The summed E-state index contributed by atoms with van der Waals surface area (Å²) in [6, 6.07) is 5.41. The number of carbonyl (C=O) groups is 1. The van der Waals surface area contributed by atoms with E-state index in [1.807, 2.05) is 12.1 Å². The Kier molecular flexibility index (Phi) is 2.53. The number of hydrogen-bond donors (Lipinski definition) is 1. The molecule has 1 aromatic carbocycles. The van der Waals surface area contributed by atoms with Crippen LogP contribution in [0, 0.1) is 0 Å². The zero-order valence-electron chi connectivity index (χ0n) is 9.09. The van der Waals surface area contributed by atoms with Crippen molar-refractivity contribution in [1.29, 1.82) is 0 Å². The van der Waals surface area contributed by atoms with Gasteiger partial charge in [0.2, 0.25) is 0 Å². The summed E-state index contributed by atoms with van der Waals surface area (Å²) in [5.41, 5.74) is 0.788. The van der Waals surface area contributed by atoms with E-state index in [0.29, 0.717) is 16.2 Å². The molecule has 1 N–H and O–H groups in total. The highest BCUT2D eigenvalue weighted by molar-refractivity contribution is 6.32. The Labute approximate surface area is 107 Å². The lowest BCUT2D eigenvalue weighted by Gasteiger charge is -2.05. The lowest BCUT2D eigenvalue weighted by Crippen LogP contribution is -2.21. The quantitative estimate of drug-likeness (QED) is 0.866. The van der Waals surface area contributed by atoms with Gasteiger partial charge in [-0.2, -0.15) is 0 Å². The molecule has 3 rings (SSSR count).